The monoisotopic (exact) mass is 327 g/mol. The van der Waals surface area contributed by atoms with Crippen molar-refractivity contribution >= 4 is 18.1 Å². The number of hydrogen-bond donors (Lipinski definition) is 3. The van der Waals surface area contributed by atoms with Gasteiger partial charge in [0.1, 0.15) is 23.3 Å². The maximum absolute atomic E-state index is 11.8. The van der Waals surface area contributed by atoms with Crippen molar-refractivity contribution in [2.75, 3.05) is 0 Å². The van der Waals surface area contributed by atoms with Crippen LogP contribution in [-0.4, -0.2) is 22.2 Å². The molecule has 2 aromatic rings. The summed E-state index contributed by atoms with van der Waals surface area (Å²) in [6, 6.07) is 10.7. The Balaban J connectivity index is 2.01. The normalized spacial score (nSPS) is 12.2. The Bertz CT molecular complexity index is 702. The fraction of sp³-hybridized carbons (Fsp3) is 0.211. The van der Waals surface area contributed by atoms with Gasteiger partial charge in [-0.15, -0.1) is 0 Å². The Labute approximate surface area is 141 Å². The van der Waals surface area contributed by atoms with Crippen LogP contribution < -0.4 is 10.5 Å². The summed E-state index contributed by atoms with van der Waals surface area (Å²) in [7, 11) is 0. The molecule has 0 spiro atoms. The van der Waals surface area contributed by atoms with Crippen molar-refractivity contribution in [1.29, 1.82) is 0 Å². The third-order valence-corrected chi connectivity index (χ3v) is 3.39. The molecule has 0 amide bonds. The molecule has 0 aromatic heterocycles. The largest absolute Gasteiger partial charge is 0.508 e. The van der Waals surface area contributed by atoms with Gasteiger partial charge in [0.2, 0.25) is 0 Å². The van der Waals surface area contributed by atoms with Crippen LogP contribution in [0.3, 0.4) is 0 Å². The van der Waals surface area contributed by atoms with Crippen LogP contribution in [0.25, 0.3) is 12.2 Å². The van der Waals surface area contributed by atoms with Crippen LogP contribution in [0.5, 0.6) is 17.2 Å². The van der Waals surface area contributed by atoms with Crippen LogP contribution in [0.4, 0.5) is 0 Å². The van der Waals surface area contributed by atoms with Gasteiger partial charge in [-0.05, 0) is 41.8 Å². The molecule has 0 saturated carbocycles. The van der Waals surface area contributed by atoms with Gasteiger partial charge in [0.05, 0.1) is 0 Å². The highest BCUT2D eigenvalue weighted by Gasteiger charge is 2.14. The van der Waals surface area contributed by atoms with Crippen LogP contribution in [0.2, 0.25) is 0 Å². The average Bonchev–Trinajstić information content (AvgIpc) is 2.53. The third kappa shape index (κ3) is 5.14. The number of phenols is 2. The molecule has 0 heterocycles. The highest BCUT2D eigenvalue weighted by Crippen LogP contribution is 2.22. The first kappa shape index (κ1) is 17.6. The number of carbonyl (C=O) groups excluding carboxylic acids is 1. The third-order valence-electron chi connectivity index (χ3n) is 3.39. The summed E-state index contributed by atoms with van der Waals surface area (Å²) in [5, 5.41) is 18.9. The Kier molecular flexibility index (Phi) is 5.98. The standard InChI is InChI=1S/C19H21NO4/c1-2-3-18(20)19(23)24-17-8-6-13(7-9-17)4-5-14-10-15(21)12-16(22)11-14/h4-12,18,21-22H,2-3,20H2,1H3/b5-4-. The van der Waals surface area contributed by atoms with Crippen molar-refractivity contribution in [2.24, 2.45) is 5.73 Å². The summed E-state index contributed by atoms with van der Waals surface area (Å²) in [5.74, 6) is 0.00902. The van der Waals surface area contributed by atoms with Gasteiger partial charge in [-0.3, -0.25) is 0 Å². The molecule has 0 bridgehead atoms. The number of esters is 1. The summed E-state index contributed by atoms with van der Waals surface area (Å²) in [6.07, 6.45) is 5.00. The molecule has 4 N–H and O–H groups in total. The van der Waals surface area contributed by atoms with Crippen LogP contribution >= 0.6 is 0 Å². The number of carbonyl (C=O) groups is 1. The highest BCUT2D eigenvalue weighted by atomic mass is 16.5. The minimum atomic E-state index is -0.604. The van der Waals surface area contributed by atoms with E-state index in [2.05, 4.69) is 0 Å². The van der Waals surface area contributed by atoms with E-state index in [4.69, 9.17) is 10.5 Å². The Morgan fingerprint density at radius 2 is 1.67 bits per heavy atom. The SMILES string of the molecule is CCCC(N)C(=O)Oc1ccc(/C=C\c2cc(O)cc(O)c2)cc1. The average molecular weight is 327 g/mol. The lowest BCUT2D eigenvalue weighted by Crippen LogP contribution is -2.33. The van der Waals surface area contributed by atoms with Crippen molar-refractivity contribution < 1.29 is 19.7 Å². The van der Waals surface area contributed by atoms with E-state index in [9.17, 15) is 15.0 Å². The number of aromatic hydroxyl groups is 2. The van der Waals surface area contributed by atoms with Crippen LogP contribution in [0.15, 0.2) is 42.5 Å². The van der Waals surface area contributed by atoms with E-state index in [1.165, 1.54) is 6.07 Å². The number of benzene rings is 2. The van der Waals surface area contributed by atoms with E-state index in [0.29, 0.717) is 17.7 Å². The van der Waals surface area contributed by atoms with E-state index in [0.717, 1.165) is 12.0 Å². The molecule has 2 aromatic carbocycles. The molecule has 0 aliphatic heterocycles. The molecule has 0 aliphatic carbocycles. The molecule has 0 fully saturated rings. The van der Waals surface area contributed by atoms with Crippen LogP contribution in [-0.2, 0) is 4.79 Å². The number of hydrogen-bond acceptors (Lipinski definition) is 5. The lowest BCUT2D eigenvalue weighted by molar-refractivity contribution is -0.136. The number of nitrogens with two attached hydrogens (primary N) is 1. The molecule has 126 valence electrons. The van der Waals surface area contributed by atoms with Crippen molar-refractivity contribution in [3.8, 4) is 17.2 Å². The van der Waals surface area contributed by atoms with E-state index in [-0.39, 0.29) is 11.5 Å². The minimum Gasteiger partial charge on any atom is -0.508 e. The van der Waals surface area contributed by atoms with Gasteiger partial charge in [0.15, 0.2) is 0 Å². The fourth-order valence-electron chi connectivity index (χ4n) is 2.17. The molecule has 2 rings (SSSR count). The predicted molar refractivity (Wildman–Crippen MR) is 93.7 cm³/mol. The van der Waals surface area contributed by atoms with Crippen molar-refractivity contribution in [1.82, 2.24) is 0 Å². The van der Waals surface area contributed by atoms with E-state index in [1.807, 2.05) is 13.0 Å². The number of ether oxygens (including phenoxy) is 1. The Morgan fingerprint density at radius 1 is 1.08 bits per heavy atom. The van der Waals surface area contributed by atoms with Gasteiger partial charge in [0, 0.05) is 6.07 Å². The van der Waals surface area contributed by atoms with Crippen molar-refractivity contribution in [3.05, 3.63) is 53.6 Å². The highest BCUT2D eigenvalue weighted by molar-refractivity contribution is 5.78. The van der Waals surface area contributed by atoms with Gasteiger partial charge in [-0.2, -0.15) is 0 Å². The summed E-state index contributed by atoms with van der Waals surface area (Å²) in [5.41, 5.74) is 7.27. The predicted octanol–water partition coefficient (Wildman–Crippen LogP) is 3.30. The lowest BCUT2D eigenvalue weighted by Gasteiger charge is -2.10. The van der Waals surface area contributed by atoms with Gasteiger partial charge in [-0.25, -0.2) is 4.79 Å². The minimum absolute atomic E-state index is 0.000304. The zero-order valence-corrected chi connectivity index (χ0v) is 13.5. The molecule has 5 heteroatoms. The van der Waals surface area contributed by atoms with Crippen molar-refractivity contribution in [2.45, 2.75) is 25.8 Å². The van der Waals surface area contributed by atoms with E-state index >= 15 is 0 Å². The first-order valence-electron chi connectivity index (χ1n) is 7.76. The second-order valence-corrected chi connectivity index (χ2v) is 5.50. The Hall–Kier alpha value is -2.79. The molecule has 0 saturated heterocycles. The Morgan fingerprint density at radius 3 is 2.25 bits per heavy atom. The molecular weight excluding hydrogens is 306 g/mol. The molecule has 1 atom stereocenters. The topological polar surface area (TPSA) is 92.8 Å². The maximum Gasteiger partial charge on any atom is 0.328 e. The second kappa shape index (κ2) is 8.17. The fourth-order valence-corrected chi connectivity index (χ4v) is 2.17. The summed E-state index contributed by atoms with van der Waals surface area (Å²) in [6.45, 7) is 1.96. The molecule has 0 radical (unpaired) electrons. The quantitative estimate of drug-likeness (QED) is 0.430. The van der Waals surface area contributed by atoms with Crippen molar-refractivity contribution in [3.63, 3.8) is 0 Å². The molecule has 1 unspecified atom stereocenters. The molecule has 5 nitrogen and oxygen atoms in total. The zero-order valence-electron chi connectivity index (χ0n) is 13.5. The lowest BCUT2D eigenvalue weighted by atomic mass is 10.1. The van der Waals surface area contributed by atoms with Crippen LogP contribution in [0.1, 0.15) is 30.9 Å². The molecular formula is C19H21NO4. The van der Waals surface area contributed by atoms with Gasteiger partial charge < -0.3 is 20.7 Å². The maximum atomic E-state index is 11.8. The van der Waals surface area contributed by atoms with Gasteiger partial charge >= 0.3 is 5.97 Å². The van der Waals surface area contributed by atoms with E-state index < -0.39 is 12.0 Å². The first-order valence-corrected chi connectivity index (χ1v) is 7.76. The summed E-state index contributed by atoms with van der Waals surface area (Å²) < 4.78 is 5.22. The number of rotatable bonds is 6. The number of phenolic OH excluding ortho intramolecular Hbond substituents is 2. The van der Waals surface area contributed by atoms with Gasteiger partial charge in [0.25, 0.3) is 0 Å². The molecule has 0 aliphatic rings. The van der Waals surface area contributed by atoms with Gasteiger partial charge in [-0.1, -0.05) is 37.6 Å². The summed E-state index contributed by atoms with van der Waals surface area (Å²) in [4.78, 5) is 11.8. The second-order valence-electron chi connectivity index (χ2n) is 5.50. The van der Waals surface area contributed by atoms with Crippen LogP contribution in [0, 0.1) is 0 Å². The zero-order chi connectivity index (χ0) is 17.5. The summed E-state index contributed by atoms with van der Waals surface area (Å²) >= 11 is 0. The van der Waals surface area contributed by atoms with E-state index in [1.54, 1.807) is 42.5 Å². The smallest absolute Gasteiger partial charge is 0.328 e. The first-order chi connectivity index (χ1) is 11.5. The molecule has 24 heavy (non-hydrogen) atoms.